The van der Waals surface area contributed by atoms with Crippen molar-refractivity contribution in [2.24, 2.45) is 5.10 Å². The first kappa shape index (κ1) is 14.4. The highest BCUT2D eigenvalue weighted by Crippen LogP contribution is 2.24. The van der Waals surface area contributed by atoms with Gasteiger partial charge in [-0.3, -0.25) is 20.2 Å². The average Bonchev–Trinajstić information content (AvgIpc) is 3.11. The molecule has 1 N–H and O–H groups in total. The number of amides is 3. The lowest BCUT2D eigenvalue weighted by Crippen LogP contribution is -2.24. The molecule has 9 nitrogen and oxygen atoms in total. The van der Waals surface area contributed by atoms with Crippen molar-refractivity contribution in [1.82, 2.24) is 10.3 Å². The van der Waals surface area contributed by atoms with Crippen molar-refractivity contribution in [3.8, 4) is 11.3 Å². The monoisotopic (exact) mass is 314 g/mol. The maximum absolute atomic E-state index is 11.3. The van der Waals surface area contributed by atoms with E-state index in [2.05, 4.69) is 10.4 Å². The second kappa shape index (κ2) is 5.72. The highest BCUT2D eigenvalue weighted by molar-refractivity contribution is 6.02. The van der Waals surface area contributed by atoms with Crippen molar-refractivity contribution in [2.45, 2.75) is 0 Å². The van der Waals surface area contributed by atoms with E-state index >= 15 is 0 Å². The number of nitrogens with one attached hydrogen (secondary N) is 1. The summed E-state index contributed by atoms with van der Waals surface area (Å²) >= 11 is 0. The molecule has 0 unspecified atom stereocenters. The molecule has 1 aromatic carbocycles. The van der Waals surface area contributed by atoms with Crippen LogP contribution in [0.2, 0.25) is 0 Å². The molecule has 1 aliphatic rings. The van der Waals surface area contributed by atoms with E-state index in [9.17, 15) is 19.7 Å². The Morgan fingerprint density at radius 1 is 1.30 bits per heavy atom. The fourth-order valence-electron chi connectivity index (χ4n) is 1.98. The maximum atomic E-state index is 11.3. The van der Waals surface area contributed by atoms with Crippen molar-refractivity contribution in [1.29, 1.82) is 0 Å². The van der Waals surface area contributed by atoms with Crippen LogP contribution in [-0.4, -0.2) is 34.6 Å². The lowest BCUT2D eigenvalue weighted by atomic mass is 10.1. The van der Waals surface area contributed by atoms with Crippen LogP contribution < -0.4 is 5.32 Å². The van der Waals surface area contributed by atoms with Gasteiger partial charge >= 0.3 is 6.03 Å². The van der Waals surface area contributed by atoms with E-state index in [0.717, 1.165) is 5.01 Å². The second-order valence-corrected chi connectivity index (χ2v) is 4.70. The maximum Gasteiger partial charge on any atom is 0.344 e. The number of hydrogen-bond donors (Lipinski definition) is 1. The molecule has 0 atom stereocenters. The van der Waals surface area contributed by atoms with Gasteiger partial charge in [-0.05, 0) is 18.2 Å². The summed E-state index contributed by atoms with van der Waals surface area (Å²) in [6, 6.07) is 7.00. The molecule has 0 radical (unpaired) electrons. The summed E-state index contributed by atoms with van der Waals surface area (Å²) in [6.45, 7) is -0.123. The van der Waals surface area contributed by atoms with Crippen LogP contribution in [-0.2, 0) is 4.79 Å². The first-order valence-corrected chi connectivity index (χ1v) is 6.51. The Hall–Kier alpha value is -3.49. The quantitative estimate of drug-likeness (QED) is 0.399. The first-order valence-electron chi connectivity index (χ1n) is 6.51. The standard InChI is InChI=1S/C14H10N4O5/c19-13-7-17(14(20)16-13)15-6-9-5-12(23-8-9)10-1-3-11(4-2-10)18(21)22/h1-6,8H,7H2,(H,16,19,20)/b15-6+. The number of carbonyl (C=O) groups excluding carboxylic acids is 2. The molecule has 1 aliphatic heterocycles. The number of urea groups is 1. The summed E-state index contributed by atoms with van der Waals surface area (Å²) in [7, 11) is 0. The summed E-state index contributed by atoms with van der Waals surface area (Å²) in [5.41, 5.74) is 1.25. The number of nitro benzene ring substituents is 1. The molecule has 0 spiro atoms. The number of hydrazone groups is 1. The number of rotatable bonds is 4. The molecular weight excluding hydrogens is 304 g/mol. The Morgan fingerprint density at radius 2 is 2.04 bits per heavy atom. The Balaban J connectivity index is 1.74. The van der Waals surface area contributed by atoms with Crippen LogP contribution in [0.5, 0.6) is 0 Å². The molecule has 116 valence electrons. The fraction of sp³-hybridized carbons (Fsp3) is 0.0714. The fourth-order valence-corrected chi connectivity index (χ4v) is 1.98. The SMILES string of the molecule is O=C1CN(/N=C/c2coc(-c3ccc([N+](=O)[O-])cc3)c2)C(=O)N1. The number of nitro groups is 1. The summed E-state index contributed by atoms with van der Waals surface area (Å²) < 4.78 is 5.37. The first-order chi connectivity index (χ1) is 11.0. The molecule has 2 heterocycles. The van der Waals surface area contributed by atoms with E-state index in [1.807, 2.05) is 0 Å². The summed E-state index contributed by atoms with van der Waals surface area (Å²) in [5, 5.41) is 17.6. The van der Waals surface area contributed by atoms with Gasteiger partial charge in [0.25, 0.3) is 5.69 Å². The van der Waals surface area contributed by atoms with Crippen molar-refractivity contribution >= 4 is 23.8 Å². The third kappa shape index (κ3) is 3.07. The molecule has 1 fully saturated rings. The number of non-ortho nitro benzene ring substituents is 1. The minimum atomic E-state index is -0.578. The lowest BCUT2D eigenvalue weighted by molar-refractivity contribution is -0.384. The van der Waals surface area contributed by atoms with Crippen LogP contribution in [0.25, 0.3) is 11.3 Å². The Labute approximate surface area is 129 Å². The smallest absolute Gasteiger partial charge is 0.344 e. The zero-order chi connectivity index (χ0) is 16.4. The Kier molecular flexibility index (Phi) is 3.59. The normalized spacial score (nSPS) is 14.5. The lowest BCUT2D eigenvalue weighted by Gasteiger charge is -2.02. The predicted molar refractivity (Wildman–Crippen MR) is 78.6 cm³/mol. The van der Waals surface area contributed by atoms with E-state index in [1.165, 1.54) is 24.6 Å². The minimum absolute atomic E-state index is 0.00759. The summed E-state index contributed by atoms with van der Waals surface area (Å²) in [4.78, 5) is 32.5. The largest absolute Gasteiger partial charge is 0.464 e. The van der Waals surface area contributed by atoms with E-state index in [-0.39, 0.29) is 12.2 Å². The van der Waals surface area contributed by atoms with E-state index < -0.39 is 16.9 Å². The van der Waals surface area contributed by atoms with Gasteiger partial charge in [-0.2, -0.15) is 5.10 Å². The number of nitrogens with zero attached hydrogens (tertiary/aromatic N) is 3. The van der Waals surface area contributed by atoms with Crippen molar-refractivity contribution < 1.29 is 18.9 Å². The number of imide groups is 1. The van der Waals surface area contributed by atoms with Gasteiger partial charge in [0.15, 0.2) is 0 Å². The highest BCUT2D eigenvalue weighted by Gasteiger charge is 2.25. The molecule has 3 rings (SSSR count). The molecular formula is C14H10N4O5. The number of furan rings is 1. The van der Waals surface area contributed by atoms with E-state index in [4.69, 9.17) is 4.42 Å². The van der Waals surface area contributed by atoms with E-state index in [0.29, 0.717) is 16.9 Å². The second-order valence-electron chi connectivity index (χ2n) is 4.70. The molecule has 1 aromatic heterocycles. The van der Waals surface area contributed by atoms with Gasteiger partial charge in [0.05, 0.1) is 11.1 Å². The van der Waals surface area contributed by atoms with E-state index in [1.54, 1.807) is 18.2 Å². The van der Waals surface area contributed by atoms with Crippen LogP contribution in [0, 0.1) is 10.1 Å². The zero-order valence-electron chi connectivity index (χ0n) is 11.6. The Bertz CT molecular complexity index is 809. The molecule has 0 bridgehead atoms. The third-order valence-electron chi connectivity index (χ3n) is 3.10. The molecule has 23 heavy (non-hydrogen) atoms. The topological polar surface area (TPSA) is 118 Å². The number of benzene rings is 1. The number of carbonyl (C=O) groups is 2. The van der Waals surface area contributed by atoms with Gasteiger partial charge < -0.3 is 4.42 Å². The summed E-state index contributed by atoms with van der Waals surface area (Å²) in [6.07, 6.45) is 2.81. The average molecular weight is 314 g/mol. The van der Waals surface area contributed by atoms with Gasteiger partial charge in [-0.1, -0.05) is 0 Å². The van der Waals surface area contributed by atoms with Crippen LogP contribution in [0.3, 0.4) is 0 Å². The number of hydrogen-bond acceptors (Lipinski definition) is 6. The van der Waals surface area contributed by atoms with Crippen molar-refractivity contribution in [3.05, 3.63) is 52.3 Å². The molecule has 1 saturated heterocycles. The molecule has 9 heteroatoms. The molecule has 2 aromatic rings. The highest BCUT2D eigenvalue weighted by atomic mass is 16.6. The summed E-state index contributed by atoms with van der Waals surface area (Å²) in [5.74, 6) is 0.0919. The predicted octanol–water partition coefficient (Wildman–Crippen LogP) is 1.74. The van der Waals surface area contributed by atoms with Gasteiger partial charge in [0, 0.05) is 23.3 Å². The van der Waals surface area contributed by atoms with Gasteiger partial charge in [0.2, 0.25) is 5.91 Å². The molecule has 0 aliphatic carbocycles. The zero-order valence-corrected chi connectivity index (χ0v) is 11.6. The molecule has 3 amide bonds. The van der Waals surface area contributed by atoms with Crippen LogP contribution in [0.4, 0.5) is 10.5 Å². The molecule has 0 saturated carbocycles. The van der Waals surface area contributed by atoms with Crippen LogP contribution in [0.1, 0.15) is 5.56 Å². The van der Waals surface area contributed by atoms with Crippen molar-refractivity contribution in [3.63, 3.8) is 0 Å². The van der Waals surface area contributed by atoms with Crippen LogP contribution in [0.15, 0.2) is 46.1 Å². The van der Waals surface area contributed by atoms with Crippen molar-refractivity contribution in [2.75, 3.05) is 6.54 Å². The van der Waals surface area contributed by atoms with Gasteiger partial charge in [0.1, 0.15) is 18.6 Å². The van der Waals surface area contributed by atoms with Crippen LogP contribution >= 0.6 is 0 Å². The van der Waals surface area contributed by atoms with Gasteiger partial charge in [-0.15, -0.1) is 0 Å². The van der Waals surface area contributed by atoms with Gasteiger partial charge in [-0.25, -0.2) is 9.80 Å². The minimum Gasteiger partial charge on any atom is -0.464 e. The Morgan fingerprint density at radius 3 is 2.65 bits per heavy atom. The third-order valence-corrected chi connectivity index (χ3v) is 3.10.